The Morgan fingerprint density at radius 3 is 2.33 bits per heavy atom. The molecule has 6 heteroatoms. The second-order valence-electron chi connectivity index (χ2n) is 8.09. The van der Waals surface area contributed by atoms with Crippen LogP contribution in [-0.4, -0.2) is 25.2 Å². The van der Waals surface area contributed by atoms with Gasteiger partial charge < -0.3 is 5.32 Å². The van der Waals surface area contributed by atoms with Gasteiger partial charge in [-0.05, 0) is 48.7 Å². The molecule has 2 aromatic rings. The Morgan fingerprint density at radius 1 is 1.04 bits per heavy atom. The van der Waals surface area contributed by atoms with Crippen LogP contribution in [0, 0.1) is 12.3 Å². The van der Waals surface area contributed by atoms with Crippen molar-refractivity contribution in [3.8, 4) is 0 Å². The van der Waals surface area contributed by atoms with Gasteiger partial charge in [0, 0.05) is 24.2 Å². The van der Waals surface area contributed by atoms with Crippen molar-refractivity contribution in [3.05, 3.63) is 59.2 Å². The van der Waals surface area contributed by atoms with Crippen molar-refractivity contribution in [2.24, 2.45) is 5.41 Å². The smallest absolute Gasteiger partial charge is 0.243 e. The Bertz CT molecular complexity index is 958. The minimum Gasteiger partial charge on any atom is -0.326 e. The van der Waals surface area contributed by atoms with Gasteiger partial charge in [0.05, 0.1) is 4.90 Å². The van der Waals surface area contributed by atoms with Gasteiger partial charge in [0.1, 0.15) is 0 Å². The van der Waals surface area contributed by atoms with Gasteiger partial charge in [0.25, 0.3) is 0 Å². The lowest BCUT2D eigenvalue weighted by molar-refractivity contribution is -0.123. The third-order valence-corrected chi connectivity index (χ3v) is 6.64. The molecular weight excluding hydrogens is 360 g/mol. The van der Waals surface area contributed by atoms with Crippen molar-refractivity contribution in [1.29, 1.82) is 0 Å². The first kappa shape index (κ1) is 19.6. The van der Waals surface area contributed by atoms with E-state index < -0.39 is 15.4 Å². The fourth-order valence-electron chi connectivity index (χ4n) is 2.99. The van der Waals surface area contributed by atoms with E-state index in [1.54, 1.807) is 12.1 Å². The molecule has 0 unspecified atom stereocenters. The number of nitrogens with zero attached hydrogens (tertiary/aromatic N) is 1. The number of nitrogens with one attached hydrogen (secondary N) is 1. The molecule has 5 nitrogen and oxygen atoms in total. The number of rotatable bonds is 3. The van der Waals surface area contributed by atoms with Crippen molar-refractivity contribution in [2.75, 3.05) is 11.9 Å². The SMILES string of the molecule is Cc1ccc(S(=O)(=O)N2CCc3ccc(NC(=O)C(C)(C)C)cc3C2)cc1. The van der Waals surface area contributed by atoms with Crippen LogP contribution in [0.1, 0.15) is 37.5 Å². The Labute approximate surface area is 161 Å². The quantitative estimate of drug-likeness (QED) is 0.874. The topological polar surface area (TPSA) is 66.5 Å². The molecule has 27 heavy (non-hydrogen) atoms. The zero-order valence-corrected chi connectivity index (χ0v) is 17.1. The molecule has 0 spiro atoms. The zero-order chi connectivity index (χ0) is 19.8. The molecule has 1 heterocycles. The van der Waals surface area contributed by atoms with Crippen molar-refractivity contribution in [2.45, 2.75) is 45.6 Å². The predicted octanol–water partition coefficient (Wildman–Crippen LogP) is 3.73. The van der Waals surface area contributed by atoms with Crippen molar-refractivity contribution in [1.82, 2.24) is 4.31 Å². The van der Waals surface area contributed by atoms with Gasteiger partial charge in [-0.3, -0.25) is 4.79 Å². The summed E-state index contributed by atoms with van der Waals surface area (Å²) in [6.45, 7) is 8.27. The van der Waals surface area contributed by atoms with E-state index in [1.165, 1.54) is 4.31 Å². The van der Waals surface area contributed by atoms with Crippen LogP contribution in [0.4, 0.5) is 5.69 Å². The molecule has 0 saturated heterocycles. The fourth-order valence-corrected chi connectivity index (χ4v) is 4.41. The summed E-state index contributed by atoms with van der Waals surface area (Å²) in [7, 11) is -3.53. The average molecular weight is 387 g/mol. The molecule has 2 aromatic carbocycles. The van der Waals surface area contributed by atoms with Gasteiger partial charge in [0.15, 0.2) is 0 Å². The normalized spacial score (nSPS) is 15.3. The summed E-state index contributed by atoms with van der Waals surface area (Å²) in [5, 5.41) is 2.92. The molecule has 0 fully saturated rings. The summed E-state index contributed by atoms with van der Waals surface area (Å²) in [6, 6.07) is 12.7. The van der Waals surface area contributed by atoms with Gasteiger partial charge >= 0.3 is 0 Å². The Balaban J connectivity index is 1.83. The van der Waals surface area contributed by atoms with Crippen LogP contribution in [0.3, 0.4) is 0 Å². The lowest BCUT2D eigenvalue weighted by Crippen LogP contribution is -2.36. The van der Waals surface area contributed by atoms with Gasteiger partial charge in [-0.2, -0.15) is 4.31 Å². The lowest BCUT2D eigenvalue weighted by Gasteiger charge is -2.29. The van der Waals surface area contributed by atoms with Crippen LogP contribution in [0.2, 0.25) is 0 Å². The number of aryl methyl sites for hydroxylation is 1. The van der Waals surface area contributed by atoms with Gasteiger partial charge in [-0.25, -0.2) is 8.42 Å². The molecule has 144 valence electrons. The van der Waals surface area contributed by atoms with E-state index in [9.17, 15) is 13.2 Å². The van der Waals surface area contributed by atoms with Crippen LogP contribution < -0.4 is 5.32 Å². The number of hydrogen-bond acceptors (Lipinski definition) is 3. The first-order valence-electron chi connectivity index (χ1n) is 9.07. The van der Waals surface area contributed by atoms with E-state index in [1.807, 2.05) is 58.0 Å². The maximum atomic E-state index is 13.0. The van der Waals surface area contributed by atoms with Gasteiger partial charge in [-0.1, -0.05) is 44.5 Å². The highest BCUT2D eigenvalue weighted by molar-refractivity contribution is 7.89. The van der Waals surface area contributed by atoms with Crippen LogP contribution in [0.25, 0.3) is 0 Å². The molecule has 0 bridgehead atoms. The number of anilines is 1. The molecule has 1 N–H and O–H groups in total. The summed E-state index contributed by atoms with van der Waals surface area (Å²) in [6.07, 6.45) is 0.661. The Kier molecular flexibility index (Phi) is 5.14. The highest BCUT2D eigenvalue weighted by atomic mass is 32.2. The summed E-state index contributed by atoms with van der Waals surface area (Å²) < 4.78 is 27.4. The predicted molar refractivity (Wildman–Crippen MR) is 107 cm³/mol. The third-order valence-electron chi connectivity index (χ3n) is 4.78. The summed E-state index contributed by atoms with van der Waals surface area (Å²) >= 11 is 0. The molecule has 3 rings (SSSR count). The third kappa shape index (κ3) is 4.22. The Hall–Kier alpha value is -2.18. The largest absolute Gasteiger partial charge is 0.326 e. The molecular formula is C21H26N2O3S. The number of sulfonamides is 1. The minimum atomic E-state index is -3.53. The van der Waals surface area contributed by atoms with E-state index in [-0.39, 0.29) is 5.91 Å². The molecule has 1 aliphatic rings. The number of hydrogen-bond donors (Lipinski definition) is 1. The number of fused-ring (bicyclic) bond motifs is 1. The average Bonchev–Trinajstić information content (AvgIpc) is 2.60. The maximum absolute atomic E-state index is 13.0. The number of benzene rings is 2. The molecule has 0 radical (unpaired) electrons. The maximum Gasteiger partial charge on any atom is 0.243 e. The van der Waals surface area contributed by atoms with E-state index in [2.05, 4.69) is 5.32 Å². The second-order valence-corrected chi connectivity index (χ2v) is 10.0. The molecule has 1 amide bonds. The minimum absolute atomic E-state index is 0.0672. The molecule has 0 atom stereocenters. The van der Waals surface area contributed by atoms with Crippen LogP contribution in [0.15, 0.2) is 47.4 Å². The highest BCUT2D eigenvalue weighted by Crippen LogP contribution is 2.28. The Morgan fingerprint density at radius 2 is 1.70 bits per heavy atom. The number of carbonyl (C=O) groups is 1. The van der Waals surface area contributed by atoms with Crippen LogP contribution in [0.5, 0.6) is 0 Å². The van der Waals surface area contributed by atoms with Crippen LogP contribution in [-0.2, 0) is 27.8 Å². The van der Waals surface area contributed by atoms with Crippen molar-refractivity contribution >= 4 is 21.6 Å². The first-order chi connectivity index (χ1) is 12.6. The molecule has 0 aliphatic carbocycles. The summed E-state index contributed by atoms with van der Waals surface area (Å²) in [5.41, 5.74) is 3.29. The van der Waals surface area contributed by atoms with Crippen molar-refractivity contribution < 1.29 is 13.2 Å². The zero-order valence-electron chi connectivity index (χ0n) is 16.2. The molecule has 1 aliphatic heterocycles. The van der Waals surface area contributed by atoms with Crippen molar-refractivity contribution in [3.63, 3.8) is 0 Å². The van der Waals surface area contributed by atoms with Crippen LogP contribution >= 0.6 is 0 Å². The monoisotopic (exact) mass is 386 g/mol. The van der Waals surface area contributed by atoms with E-state index in [0.717, 1.165) is 16.7 Å². The standard InChI is InChI=1S/C21H26N2O3S/c1-15-5-9-19(10-6-15)27(25,26)23-12-11-16-7-8-18(13-17(16)14-23)22-20(24)21(2,3)4/h5-10,13H,11-12,14H2,1-4H3,(H,22,24). The molecule has 0 aromatic heterocycles. The number of amides is 1. The van der Waals surface area contributed by atoms with E-state index in [0.29, 0.717) is 30.1 Å². The van der Waals surface area contributed by atoms with Gasteiger partial charge in [0.2, 0.25) is 15.9 Å². The summed E-state index contributed by atoms with van der Waals surface area (Å²) in [4.78, 5) is 12.5. The molecule has 0 saturated carbocycles. The fraction of sp³-hybridized carbons (Fsp3) is 0.381. The lowest BCUT2D eigenvalue weighted by atomic mass is 9.95. The second kappa shape index (κ2) is 7.09. The highest BCUT2D eigenvalue weighted by Gasteiger charge is 2.29. The number of carbonyl (C=O) groups excluding carboxylic acids is 1. The first-order valence-corrected chi connectivity index (χ1v) is 10.5. The summed E-state index contributed by atoms with van der Waals surface area (Å²) in [5.74, 6) is -0.0672. The van der Waals surface area contributed by atoms with E-state index >= 15 is 0 Å². The van der Waals surface area contributed by atoms with Gasteiger partial charge in [-0.15, -0.1) is 0 Å². The van der Waals surface area contributed by atoms with E-state index in [4.69, 9.17) is 0 Å².